The highest BCUT2D eigenvalue weighted by Crippen LogP contribution is 2.16. The first-order valence-electron chi connectivity index (χ1n) is 9.58. The van der Waals surface area contributed by atoms with Crippen LogP contribution in [-0.2, 0) is 14.3 Å². The fraction of sp³-hybridized carbons (Fsp3) is 0.789. The van der Waals surface area contributed by atoms with Crippen LogP contribution < -0.4 is 0 Å². The zero-order valence-corrected chi connectivity index (χ0v) is 15.6. The lowest BCUT2D eigenvalue weighted by Gasteiger charge is -2.32. The Morgan fingerprint density at radius 1 is 1.24 bits per heavy atom. The van der Waals surface area contributed by atoms with Crippen LogP contribution in [0, 0.1) is 0 Å². The van der Waals surface area contributed by atoms with Gasteiger partial charge in [-0.2, -0.15) is 0 Å². The number of cyclic esters (lactones) is 1. The van der Waals surface area contributed by atoms with E-state index in [-0.39, 0.29) is 24.3 Å². The molecular weight excluding hydrogens is 320 g/mol. The van der Waals surface area contributed by atoms with Gasteiger partial charge in [0.1, 0.15) is 12.2 Å². The first-order valence-corrected chi connectivity index (χ1v) is 9.58. The van der Waals surface area contributed by atoms with E-state index < -0.39 is 0 Å². The highest BCUT2D eigenvalue weighted by molar-refractivity contribution is 5.69. The molecule has 1 saturated heterocycles. The van der Waals surface area contributed by atoms with Crippen molar-refractivity contribution in [2.24, 2.45) is 0 Å². The molecule has 0 aromatic heterocycles. The number of nitrogens with zero attached hydrogens (tertiary/aromatic N) is 2. The van der Waals surface area contributed by atoms with Crippen molar-refractivity contribution in [1.29, 1.82) is 0 Å². The molecule has 2 rings (SSSR count). The Morgan fingerprint density at radius 2 is 2.00 bits per heavy atom. The number of hydrogen-bond donors (Lipinski definition) is 0. The molecule has 0 aromatic rings. The summed E-state index contributed by atoms with van der Waals surface area (Å²) in [4.78, 5) is 28.2. The standard InChI is InChI=1S/C19H32N2O4/c1-3-16-9-7-10-17(8-5-4-6-11-18(22)24-16)25-19(23)21-14-12-20(2)13-15-21/h7,10,16-17H,3-6,8-9,11-15H2,1-2H3/b10-7-. The van der Waals surface area contributed by atoms with Gasteiger partial charge in [0, 0.05) is 39.0 Å². The fourth-order valence-electron chi connectivity index (χ4n) is 3.10. The normalized spacial score (nSPS) is 28.4. The van der Waals surface area contributed by atoms with E-state index in [0.717, 1.165) is 58.3 Å². The Bertz CT molecular complexity index is 458. The molecule has 6 heteroatoms. The molecule has 0 saturated carbocycles. The molecule has 0 spiro atoms. The summed E-state index contributed by atoms with van der Waals surface area (Å²) in [5, 5.41) is 0. The number of ether oxygens (including phenoxy) is 2. The molecule has 2 aliphatic rings. The molecule has 0 bridgehead atoms. The van der Waals surface area contributed by atoms with Gasteiger partial charge in [-0.3, -0.25) is 4.79 Å². The van der Waals surface area contributed by atoms with Gasteiger partial charge < -0.3 is 19.3 Å². The first-order chi connectivity index (χ1) is 12.1. The largest absolute Gasteiger partial charge is 0.462 e. The third-order valence-electron chi connectivity index (χ3n) is 4.89. The molecule has 142 valence electrons. The topological polar surface area (TPSA) is 59.1 Å². The van der Waals surface area contributed by atoms with Gasteiger partial charge in [0.2, 0.25) is 0 Å². The summed E-state index contributed by atoms with van der Waals surface area (Å²) >= 11 is 0. The van der Waals surface area contributed by atoms with Crippen LogP contribution in [-0.4, -0.2) is 67.3 Å². The average molecular weight is 352 g/mol. The van der Waals surface area contributed by atoms with Crippen LogP contribution in [0.4, 0.5) is 4.79 Å². The van der Waals surface area contributed by atoms with Gasteiger partial charge in [0.25, 0.3) is 0 Å². The molecule has 1 amide bonds. The maximum atomic E-state index is 12.4. The molecule has 2 heterocycles. The summed E-state index contributed by atoms with van der Waals surface area (Å²) in [7, 11) is 2.06. The van der Waals surface area contributed by atoms with Crippen LogP contribution in [0.15, 0.2) is 12.2 Å². The Hall–Kier alpha value is -1.56. The van der Waals surface area contributed by atoms with Crippen LogP contribution in [0.1, 0.15) is 51.9 Å². The summed E-state index contributed by atoms with van der Waals surface area (Å²) in [6.45, 7) is 5.24. The zero-order chi connectivity index (χ0) is 18.1. The van der Waals surface area contributed by atoms with Crippen molar-refractivity contribution in [1.82, 2.24) is 9.80 Å². The highest BCUT2D eigenvalue weighted by Gasteiger charge is 2.22. The first kappa shape index (κ1) is 19.8. The molecular formula is C19H32N2O4. The van der Waals surface area contributed by atoms with E-state index in [1.165, 1.54) is 0 Å². The van der Waals surface area contributed by atoms with Gasteiger partial charge in [-0.05, 0) is 38.8 Å². The van der Waals surface area contributed by atoms with Gasteiger partial charge in [-0.1, -0.05) is 19.4 Å². The van der Waals surface area contributed by atoms with E-state index in [2.05, 4.69) is 11.9 Å². The maximum Gasteiger partial charge on any atom is 0.410 e. The second-order valence-corrected chi connectivity index (χ2v) is 7.00. The number of hydrogen-bond acceptors (Lipinski definition) is 5. The van der Waals surface area contributed by atoms with E-state index in [4.69, 9.17) is 9.47 Å². The molecule has 0 N–H and O–H groups in total. The van der Waals surface area contributed by atoms with Crippen molar-refractivity contribution in [2.45, 2.75) is 64.1 Å². The molecule has 0 aromatic carbocycles. The van der Waals surface area contributed by atoms with E-state index in [0.29, 0.717) is 12.8 Å². The smallest absolute Gasteiger partial charge is 0.410 e. The van der Waals surface area contributed by atoms with Crippen molar-refractivity contribution in [2.75, 3.05) is 33.2 Å². The predicted octanol–water partition coefficient (Wildman–Crippen LogP) is 2.97. The van der Waals surface area contributed by atoms with Crippen LogP contribution in [0.5, 0.6) is 0 Å². The number of carbonyl (C=O) groups excluding carboxylic acids is 2. The van der Waals surface area contributed by atoms with Gasteiger partial charge in [0.05, 0.1) is 0 Å². The lowest BCUT2D eigenvalue weighted by molar-refractivity contribution is -0.149. The summed E-state index contributed by atoms with van der Waals surface area (Å²) in [5.74, 6) is -0.0983. The van der Waals surface area contributed by atoms with E-state index in [9.17, 15) is 9.59 Å². The quantitative estimate of drug-likeness (QED) is 0.565. The van der Waals surface area contributed by atoms with E-state index >= 15 is 0 Å². The SMILES string of the molecule is CCC1C/C=C\C(OC(=O)N2CCN(C)CC2)CCCCCC(=O)O1. The Morgan fingerprint density at radius 3 is 2.72 bits per heavy atom. The van der Waals surface area contributed by atoms with Gasteiger partial charge in [-0.25, -0.2) is 4.79 Å². The number of likely N-dealkylation sites (N-methyl/N-ethyl adjacent to an activating group) is 1. The van der Waals surface area contributed by atoms with Crippen molar-refractivity contribution < 1.29 is 19.1 Å². The monoisotopic (exact) mass is 352 g/mol. The third kappa shape index (κ3) is 7.06. The predicted molar refractivity (Wildman–Crippen MR) is 96.4 cm³/mol. The zero-order valence-electron chi connectivity index (χ0n) is 15.6. The van der Waals surface area contributed by atoms with Crippen molar-refractivity contribution in [3.05, 3.63) is 12.2 Å². The van der Waals surface area contributed by atoms with Crippen molar-refractivity contribution >= 4 is 12.1 Å². The van der Waals surface area contributed by atoms with Crippen LogP contribution in [0.2, 0.25) is 0 Å². The lowest BCUT2D eigenvalue weighted by Crippen LogP contribution is -2.47. The molecule has 1 fully saturated rings. The maximum absolute atomic E-state index is 12.4. The van der Waals surface area contributed by atoms with Crippen LogP contribution in [0.25, 0.3) is 0 Å². The summed E-state index contributed by atoms with van der Waals surface area (Å²) < 4.78 is 11.2. The Balaban J connectivity index is 1.90. The molecule has 2 aliphatic heterocycles. The minimum absolute atomic E-state index is 0.0860. The van der Waals surface area contributed by atoms with E-state index in [1.807, 2.05) is 19.1 Å². The number of rotatable bonds is 2. The van der Waals surface area contributed by atoms with Gasteiger partial charge >= 0.3 is 12.1 Å². The molecule has 2 atom stereocenters. The Kier molecular flexibility index (Phi) is 8.25. The molecule has 25 heavy (non-hydrogen) atoms. The van der Waals surface area contributed by atoms with Crippen LogP contribution >= 0.6 is 0 Å². The lowest BCUT2D eigenvalue weighted by atomic mass is 10.1. The number of esters is 1. The molecule has 2 unspecified atom stereocenters. The fourth-order valence-corrected chi connectivity index (χ4v) is 3.10. The minimum Gasteiger partial charge on any atom is -0.462 e. The highest BCUT2D eigenvalue weighted by atomic mass is 16.6. The van der Waals surface area contributed by atoms with Gasteiger partial charge in [0.15, 0.2) is 0 Å². The molecule has 0 radical (unpaired) electrons. The van der Waals surface area contributed by atoms with Crippen molar-refractivity contribution in [3.8, 4) is 0 Å². The summed E-state index contributed by atoms with van der Waals surface area (Å²) in [6.07, 6.45) is 8.93. The summed E-state index contributed by atoms with van der Waals surface area (Å²) in [6, 6.07) is 0. The third-order valence-corrected chi connectivity index (χ3v) is 4.89. The number of piperazine rings is 1. The Labute approximate surface area is 151 Å². The van der Waals surface area contributed by atoms with Gasteiger partial charge in [-0.15, -0.1) is 0 Å². The second-order valence-electron chi connectivity index (χ2n) is 7.00. The second kappa shape index (κ2) is 10.4. The van der Waals surface area contributed by atoms with E-state index in [1.54, 1.807) is 4.90 Å². The minimum atomic E-state index is -0.215. The molecule has 6 nitrogen and oxygen atoms in total. The molecule has 0 aliphatic carbocycles. The van der Waals surface area contributed by atoms with Crippen molar-refractivity contribution in [3.63, 3.8) is 0 Å². The van der Waals surface area contributed by atoms with Crippen LogP contribution in [0.3, 0.4) is 0 Å². The number of carbonyl (C=O) groups is 2. The summed E-state index contributed by atoms with van der Waals surface area (Å²) in [5.41, 5.74) is 0. The number of amides is 1. The average Bonchev–Trinajstić information content (AvgIpc) is 2.59.